The summed E-state index contributed by atoms with van der Waals surface area (Å²) in [6.45, 7) is 0.165. The summed E-state index contributed by atoms with van der Waals surface area (Å²) in [5, 5.41) is 9.38. The summed E-state index contributed by atoms with van der Waals surface area (Å²) in [4.78, 5) is 19.9. The first-order valence-corrected chi connectivity index (χ1v) is 8.18. The quantitative estimate of drug-likeness (QED) is 0.537. The minimum absolute atomic E-state index is 0.165. The molecular formula is C18H14N6O2. The number of H-pyrrole nitrogens is 1. The molecule has 1 aromatic carbocycles. The van der Waals surface area contributed by atoms with Gasteiger partial charge in [0.25, 0.3) is 0 Å². The second-order valence-electron chi connectivity index (χ2n) is 6.01. The molecule has 0 atom stereocenters. The SMILES string of the molecule is O=c1n(Cc2noc(Cc3c[nH]c4ccccc34)n2)nc2ccccn12. The number of nitrogens with zero attached hydrogens (tertiary/aromatic N) is 5. The third-order valence-electron chi connectivity index (χ3n) is 4.31. The van der Waals surface area contributed by atoms with E-state index in [9.17, 15) is 4.79 Å². The molecule has 0 saturated heterocycles. The molecule has 5 rings (SSSR count). The van der Waals surface area contributed by atoms with E-state index < -0.39 is 0 Å². The molecule has 8 nitrogen and oxygen atoms in total. The number of benzene rings is 1. The van der Waals surface area contributed by atoms with E-state index in [2.05, 4.69) is 26.3 Å². The van der Waals surface area contributed by atoms with Crippen LogP contribution in [-0.4, -0.2) is 29.3 Å². The van der Waals surface area contributed by atoms with Crippen LogP contribution in [0.25, 0.3) is 16.6 Å². The number of rotatable bonds is 4. The molecule has 0 amide bonds. The molecule has 1 N–H and O–H groups in total. The largest absolute Gasteiger partial charge is 0.361 e. The molecule has 5 aromatic rings. The number of para-hydroxylation sites is 1. The van der Waals surface area contributed by atoms with Crippen LogP contribution in [0.1, 0.15) is 17.3 Å². The van der Waals surface area contributed by atoms with Gasteiger partial charge >= 0.3 is 5.69 Å². The van der Waals surface area contributed by atoms with E-state index in [1.54, 1.807) is 18.3 Å². The second kappa shape index (κ2) is 5.69. The van der Waals surface area contributed by atoms with Gasteiger partial charge in [-0.15, -0.1) is 5.10 Å². The number of fused-ring (bicyclic) bond motifs is 2. The number of hydrogen-bond acceptors (Lipinski definition) is 5. The standard InChI is InChI=1S/C18H14N6O2/c25-18-23-8-4-3-7-16(23)21-24(18)11-15-20-17(26-22-15)9-12-10-19-14-6-2-1-5-13(12)14/h1-8,10,19H,9,11H2. The first kappa shape index (κ1) is 14.6. The van der Waals surface area contributed by atoms with Gasteiger partial charge in [0.1, 0.15) is 6.54 Å². The molecule has 26 heavy (non-hydrogen) atoms. The Kier molecular flexibility index (Phi) is 3.21. The number of hydrogen-bond donors (Lipinski definition) is 1. The molecule has 0 fully saturated rings. The van der Waals surface area contributed by atoms with E-state index >= 15 is 0 Å². The van der Waals surface area contributed by atoms with E-state index in [1.807, 2.05) is 30.5 Å². The minimum Gasteiger partial charge on any atom is -0.361 e. The van der Waals surface area contributed by atoms with Crippen LogP contribution in [0.2, 0.25) is 0 Å². The van der Waals surface area contributed by atoms with Crippen LogP contribution in [-0.2, 0) is 13.0 Å². The molecule has 0 radical (unpaired) electrons. The Morgan fingerprint density at radius 1 is 1.12 bits per heavy atom. The topological polar surface area (TPSA) is 94.0 Å². The highest BCUT2D eigenvalue weighted by atomic mass is 16.5. The maximum Gasteiger partial charge on any atom is 0.350 e. The third kappa shape index (κ3) is 2.39. The van der Waals surface area contributed by atoms with Crippen molar-refractivity contribution < 1.29 is 4.52 Å². The van der Waals surface area contributed by atoms with Crippen LogP contribution >= 0.6 is 0 Å². The molecule has 0 bridgehead atoms. The summed E-state index contributed by atoms with van der Waals surface area (Å²) in [7, 11) is 0. The first-order chi connectivity index (χ1) is 12.8. The van der Waals surface area contributed by atoms with Crippen LogP contribution in [0.15, 0.2) is 64.2 Å². The van der Waals surface area contributed by atoms with Crippen molar-refractivity contribution in [2.24, 2.45) is 0 Å². The number of pyridine rings is 1. The van der Waals surface area contributed by atoms with Gasteiger partial charge in [-0.1, -0.05) is 29.4 Å². The molecule has 128 valence electrons. The lowest BCUT2D eigenvalue weighted by molar-refractivity contribution is 0.377. The summed E-state index contributed by atoms with van der Waals surface area (Å²) >= 11 is 0. The fraction of sp³-hybridized carbons (Fsp3) is 0.111. The molecule has 8 heteroatoms. The molecule has 4 heterocycles. The molecule has 0 aliphatic carbocycles. The Morgan fingerprint density at radius 3 is 2.92 bits per heavy atom. The summed E-state index contributed by atoms with van der Waals surface area (Å²) in [6, 6.07) is 13.4. The predicted octanol–water partition coefficient (Wildman–Crippen LogP) is 2.00. The normalized spacial score (nSPS) is 11.5. The van der Waals surface area contributed by atoms with Gasteiger partial charge in [0.05, 0.1) is 6.42 Å². The van der Waals surface area contributed by atoms with Crippen LogP contribution in [0.3, 0.4) is 0 Å². The molecule has 0 spiro atoms. The van der Waals surface area contributed by atoms with Crippen molar-refractivity contribution in [3.63, 3.8) is 0 Å². The van der Waals surface area contributed by atoms with Crippen molar-refractivity contribution in [2.45, 2.75) is 13.0 Å². The highest BCUT2D eigenvalue weighted by Gasteiger charge is 2.13. The van der Waals surface area contributed by atoms with Gasteiger partial charge in [-0.2, -0.15) is 4.98 Å². The first-order valence-electron chi connectivity index (χ1n) is 8.18. The van der Waals surface area contributed by atoms with Crippen molar-refractivity contribution in [1.29, 1.82) is 0 Å². The van der Waals surface area contributed by atoms with Crippen LogP contribution < -0.4 is 5.69 Å². The highest BCUT2D eigenvalue weighted by Crippen LogP contribution is 2.20. The lowest BCUT2D eigenvalue weighted by atomic mass is 10.1. The number of aromatic nitrogens is 6. The van der Waals surface area contributed by atoms with Crippen molar-refractivity contribution in [3.05, 3.63) is 82.6 Å². The van der Waals surface area contributed by atoms with Gasteiger partial charge in [-0.05, 0) is 23.8 Å². The summed E-state index contributed by atoms with van der Waals surface area (Å²) < 4.78 is 8.16. The molecule has 0 unspecified atom stereocenters. The number of nitrogens with one attached hydrogen (secondary N) is 1. The molecule has 0 aliphatic heterocycles. The molecular weight excluding hydrogens is 332 g/mol. The van der Waals surface area contributed by atoms with Crippen molar-refractivity contribution in [2.75, 3.05) is 0 Å². The zero-order chi connectivity index (χ0) is 17.5. The van der Waals surface area contributed by atoms with Gasteiger partial charge < -0.3 is 9.51 Å². The van der Waals surface area contributed by atoms with E-state index in [0.29, 0.717) is 23.8 Å². The van der Waals surface area contributed by atoms with Crippen LogP contribution in [0.4, 0.5) is 0 Å². The monoisotopic (exact) mass is 346 g/mol. The Balaban J connectivity index is 1.41. The lowest BCUT2D eigenvalue weighted by Crippen LogP contribution is -2.22. The zero-order valence-electron chi connectivity index (χ0n) is 13.7. The summed E-state index contributed by atoms with van der Waals surface area (Å²) in [5.74, 6) is 0.923. The molecule has 4 aromatic heterocycles. The van der Waals surface area contributed by atoms with E-state index in [4.69, 9.17) is 4.52 Å². The average Bonchev–Trinajstić information content (AvgIpc) is 3.36. The zero-order valence-corrected chi connectivity index (χ0v) is 13.7. The second-order valence-corrected chi connectivity index (χ2v) is 6.01. The van der Waals surface area contributed by atoms with Crippen molar-refractivity contribution in [1.82, 2.24) is 29.3 Å². The fourth-order valence-electron chi connectivity index (χ4n) is 3.07. The van der Waals surface area contributed by atoms with Gasteiger partial charge in [-0.25, -0.2) is 9.48 Å². The van der Waals surface area contributed by atoms with Crippen molar-refractivity contribution >= 4 is 16.6 Å². The molecule has 0 saturated carbocycles. The van der Waals surface area contributed by atoms with E-state index in [0.717, 1.165) is 16.5 Å². The summed E-state index contributed by atoms with van der Waals surface area (Å²) in [5.41, 5.74) is 2.50. The lowest BCUT2D eigenvalue weighted by Gasteiger charge is -1.94. The van der Waals surface area contributed by atoms with E-state index in [1.165, 1.54) is 9.08 Å². The van der Waals surface area contributed by atoms with Gasteiger partial charge in [-0.3, -0.25) is 4.40 Å². The average molecular weight is 346 g/mol. The predicted molar refractivity (Wildman–Crippen MR) is 94.0 cm³/mol. The highest BCUT2D eigenvalue weighted by molar-refractivity contribution is 5.83. The number of aromatic amines is 1. The van der Waals surface area contributed by atoms with Gasteiger partial charge in [0, 0.05) is 23.3 Å². The minimum atomic E-state index is -0.233. The summed E-state index contributed by atoms with van der Waals surface area (Å²) in [6.07, 6.45) is 4.15. The van der Waals surface area contributed by atoms with Crippen molar-refractivity contribution in [3.8, 4) is 0 Å². The fourth-order valence-corrected chi connectivity index (χ4v) is 3.07. The maximum absolute atomic E-state index is 12.3. The Labute approximate surface area is 146 Å². The van der Waals surface area contributed by atoms with Gasteiger partial charge in [0.15, 0.2) is 11.5 Å². The smallest absolute Gasteiger partial charge is 0.350 e. The van der Waals surface area contributed by atoms with E-state index in [-0.39, 0.29) is 12.2 Å². The maximum atomic E-state index is 12.3. The van der Waals surface area contributed by atoms with Gasteiger partial charge in [0.2, 0.25) is 5.89 Å². The third-order valence-corrected chi connectivity index (χ3v) is 4.31. The van der Waals surface area contributed by atoms with Crippen LogP contribution in [0.5, 0.6) is 0 Å². The van der Waals surface area contributed by atoms with Crippen LogP contribution in [0, 0.1) is 0 Å². The Morgan fingerprint density at radius 2 is 2.00 bits per heavy atom. The Hall–Kier alpha value is -3.68. The molecule has 0 aliphatic rings. The Bertz CT molecular complexity index is 1280.